The first kappa shape index (κ1) is 16.6. The highest BCUT2D eigenvalue weighted by molar-refractivity contribution is 5.96. The molecule has 1 aliphatic carbocycles. The van der Waals surface area contributed by atoms with E-state index in [2.05, 4.69) is 33.0 Å². The van der Waals surface area contributed by atoms with Crippen molar-refractivity contribution in [3.8, 4) is 5.75 Å². The molecule has 1 aromatic carbocycles. The van der Waals surface area contributed by atoms with Crippen LogP contribution in [-0.2, 0) is 4.79 Å². The fraction of sp³-hybridized carbons (Fsp3) is 0.533. The van der Waals surface area contributed by atoms with Gasteiger partial charge in [0.15, 0.2) is 0 Å². The molecule has 0 bridgehead atoms. The van der Waals surface area contributed by atoms with Crippen molar-refractivity contribution in [3.05, 3.63) is 18.2 Å². The van der Waals surface area contributed by atoms with Crippen molar-refractivity contribution in [3.63, 3.8) is 0 Å². The van der Waals surface area contributed by atoms with Crippen LogP contribution in [0.5, 0.6) is 5.75 Å². The molecule has 0 atom stereocenters. The molecule has 0 saturated heterocycles. The first-order valence-electron chi connectivity index (χ1n) is 6.46. The van der Waals surface area contributed by atoms with Crippen LogP contribution in [0.3, 0.4) is 0 Å². The van der Waals surface area contributed by atoms with Crippen molar-refractivity contribution < 1.29 is 9.53 Å². The van der Waals surface area contributed by atoms with Crippen molar-refractivity contribution in [2.24, 2.45) is 16.7 Å². The van der Waals surface area contributed by atoms with E-state index in [4.69, 9.17) is 10.5 Å². The normalized spacial score (nSPS) is 18.9. The van der Waals surface area contributed by atoms with Crippen molar-refractivity contribution in [2.75, 3.05) is 18.2 Å². The van der Waals surface area contributed by atoms with E-state index in [1.807, 2.05) is 0 Å². The van der Waals surface area contributed by atoms with Crippen LogP contribution in [0.2, 0.25) is 0 Å². The third kappa shape index (κ3) is 2.44. The zero-order chi connectivity index (χ0) is 14.4. The number of anilines is 2. The minimum absolute atomic E-state index is 0. The summed E-state index contributed by atoms with van der Waals surface area (Å²) >= 11 is 0. The molecular weight excluding hydrogens is 276 g/mol. The predicted octanol–water partition coefficient (Wildman–Crippen LogP) is 3.32. The van der Waals surface area contributed by atoms with Gasteiger partial charge < -0.3 is 15.8 Å². The SMILES string of the molecule is COc1ccc(NC(=O)C2C(C)(C)C2(C)C)cc1N.Cl. The number of amides is 1. The second-order valence-corrected chi connectivity index (χ2v) is 6.32. The zero-order valence-electron chi connectivity index (χ0n) is 12.6. The first-order valence-corrected chi connectivity index (χ1v) is 6.46. The number of nitrogens with one attached hydrogen (secondary N) is 1. The molecule has 1 aliphatic rings. The van der Waals surface area contributed by atoms with Gasteiger partial charge in [0.05, 0.1) is 12.8 Å². The minimum atomic E-state index is 0. The molecule has 20 heavy (non-hydrogen) atoms. The second kappa shape index (κ2) is 5.17. The highest BCUT2D eigenvalue weighted by atomic mass is 35.5. The lowest BCUT2D eigenvalue weighted by Crippen LogP contribution is -2.17. The lowest BCUT2D eigenvalue weighted by molar-refractivity contribution is -0.118. The Morgan fingerprint density at radius 2 is 1.80 bits per heavy atom. The van der Waals surface area contributed by atoms with Gasteiger partial charge >= 0.3 is 0 Å². The second-order valence-electron chi connectivity index (χ2n) is 6.32. The highest BCUT2D eigenvalue weighted by Crippen LogP contribution is 2.68. The van der Waals surface area contributed by atoms with Crippen molar-refractivity contribution in [1.82, 2.24) is 0 Å². The number of halogens is 1. The summed E-state index contributed by atoms with van der Waals surface area (Å²) in [6.07, 6.45) is 0. The highest BCUT2D eigenvalue weighted by Gasteiger charge is 2.68. The third-order valence-corrected chi connectivity index (χ3v) is 4.78. The molecule has 4 nitrogen and oxygen atoms in total. The summed E-state index contributed by atoms with van der Waals surface area (Å²) in [5.41, 5.74) is 7.14. The van der Waals surface area contributed by atoms with Gasteiger partial charge in [-0.1, -0.05) is 27.7 Å². The van der Waals surface area contributed by atoms with E-state index < -0.39 is 0 Å². The number of nitrogens with two attached hydrogens (primary N) is 1. The molecular formula is C15H23ClN2O2. The van der Waals surface area contributed by atoms with Crippen LogP contribution >= 0.6 is 12.4 Å². The van der Waals surface area contributed by atoms with Crippen molar-refractivity contribution in [1.29, 1.82) is 0 Å². The fourth-order valence-electron chi connectivity index (χ4n) is 2.88. The Hall–Kier alpha value is -1.42. The molecule has 1 aromatic rings. The Kier molecular flexibility index (Phi) is 4.30. The zero-order valence-corrected chi connectivity index (χ0v) is 13.4. The number of carbonyl (C=O) groups is 1. The number of methoxy groups -OCH3 is 1. The maximum atomic E-state index is 12.3. The molecule has 1 fully saturated rings. The van der Waals surface area contributed by atoms with Gasteiger partial charge in [0.25, 0.3) is 0 Å². The van der Waals surface area contributed by atoms with E-state index in [-0.39, 0.29) is 35.1 Å². The van der Waals surface area contributed by atoms with Gasteiger partial charge in [-0.15, -0.1) is 12.4 Å². The van der Waals surface area contributed by atoms with E-state index in [1.54, 1.807) is 25.3 Å². The third-order valence-electron chi connectivity index (χ3n) is 4.78. The summed E-state index contributed by atoms with van der Waals surface area (Å²) in [5.74, 6) is 0.702. The minimum Gasteiger partial charge on any atom is -0.495 e. The summed E-state index contributed by atoms with van der Waals surface area (Å²) in [5, 5.41) is 2.93. The van der Waals surface area contributed by atoms with Gasteiger partial charge in [0.1, 0.15) is 5.75 Å². The average molecular weight is 299 g/mol. The summed E-state index contributed by atoms with van der Waals surface area (Å²) < 4.78 is 5.09. The van der Waals surface area contributed by atoms with Crippen LogP contribution in [0.4, 0.5) is 11.4 Å². The molecule has 3 N–H and O–H groups in total. The first-order chi connectivity index (χ1) is 8.71. The molecule has 1 saturated carbocycles. The predicted molar refractivity (Wildman–Crippen MR) is 84.3 cm³/mol. The smallest absolute Gasteiger partial charge is 0.228 e. The van der Waals surface area contributed by atoms with E-state index >= 15 is 0 Å². The number of carbonyl (C=O) groups excluding carboxylic acids is 1. The summed E-state index contributed by atoms with van der Waals surface area (Å²) in [4.78, 5) is 12.3. The van der Waals surface area contributed by atoms with Gasteiger partial charge in [-0.05, 0) is 29.0 Å². The monoisotopic (exact) mass is 298 g/mol. The Balaban J connectivity index is 0.00000200. The van der Waals surface area contributed by atoms with Crippen LogP contribution in [0.25, 0.3) is 0 Å². The molecule has 5 heteroatoms. The van der Waals surface area contributed by atoms with Gasteiger partial charge in [0.2, 0.25) is 5.91 Å². The summed E-state index contributed by atoms with van der Waals surface area (Å²) in [7, 11) is 1.57. The Morgan fingerprint density at radius 1 is 1.25 bits per heavy atom. The molecule has 0 heterocycles. The van der Waals surface area contributed by atoms with Gasteiger partial charge in [0, 0.05) is 11.6 Å². The molecule has 112 valence electrons. The number of rotatable bonds is 3. The van der Waals surface area contributed by atoms with E-state index in [0.29, 0.717) is 17.1 Å². The van der Waals surface area contributed by atoms with Gasteiger partial charge in [-0.25, -0.2) is 0 Å². The Morgan fingerprint density at radius 3 is 2.20 bits per heavy atom. The van der Waals surface area contributed by atoms with E-state index in [0.717, 1.165) is 0 Å². The van der Waals surface area contributed by atoms with Crippen LogP contribution in [0, 0.1) is 16.7 Å². The summed E-state index contributed by atoms with van der Waals surface area (Å²) in [6, 6.07) is 5.28. The van der Waals surface area contributed by atoms with Gasteiger partial charge in [-0.2, -0.15) is 0 Å². The molecule has 0 spiro atoms. The summed E-state index contributed by atoms with van der Waals surface area (Å²) in [6.45, 7) is 8.50. The quantitative estimate of drug-likeness (QED) is 0.841. The van der Waals surface area contributed by atoms with E-state index in [9.17, 15) is 4.79 Å². The lowest BCUT2D eigenvalue weighted by Gasteiger charge is -2.09. The largest absolute Gasteiger partial charge is 0.495 e. The maximum Gasteiger partial charge on any atom is 0.228 e. The van der Waals surface area contributed by atoms with Crippen LogP contribution in [-0.4, -0.2) is 13.0 Å². The molecule has 2 rings (SSSR count). The molecule has 1 amide bonds. The van der Waals surface area contributed by atoms with E-state index in [1.165, 1.54) is 0 Å². The number of nitrogen functional groups attached to an aromatic ring is 1. The number of ether oxygens (including phenoxy) is 1. The number of benzene rings is 1. The fourth-order valence-corrected chi connectivity index (χ4v) is 2.88. The number of hydrogen-bond donors (Lipinski definition) is 2. The average Bonchev–Trinajstić information content (AvgIpc) is 2.69. The lowest BCUT2D eigenvalue weighted by atomic mass is 10.0. The Bertz CT molecular complexity index is 513. The molecule has 0 unspecified atom stereocenters. The van der Waals surface area contributed by atoms with Crippen LogP contribution in [0.1, 0.15) is 27.7 Å². The molecule has 0 aliphatic heterocycles. The van der Waals surface area contributed by atoms with Gasteiger partial charge in [-0.3, -0.25) is 4.79 Å². The standard InChI is InChI=1S/C15H22N2O2.ClH/c1-14(2)12(15(14,3)4)13(18)17-9-6-7-11(19-5)10(16)8-9;/h6-8,12H,16H2,1-5H3,(H,17,18);1H. The van der Waals surface area contributed by atoms with Crippen LogP contribution in [0.15, 0.2) is 18.2 Å². The molecule has 0 aromatic heterocycles. The van der Waals surface area contributed by atoms with Crippen molar-refractivity contribution >= 4 is 29.7 Å². The molecule has 0 radical (unpaired) electrons. The maximum absolute atomic E-state index is 12.3. The number of hydrogen-bond acceptors (Lipinski definition) is 3. The Labute approximate surface area is 126 Å². The van der Waals surface area contributed by atoms with Crippen molar-refractivity contribution in [2.45, 2.75) is 27.7 Å². The van der Waals surface area contributed by atoms with Crippen LogP contribution < -0.4 is 15.8 Å². The topological polar surface area (TPSA) is 64.3 Å².